The normalized spacial score (nSPS) is 35.0. The van der Waals surface area contributed by atoms with Crippen LogP contribution in [0.3, 0.4) is 0 Å². The van der Waals surface area contributed by atoms with E-state index in [1.807, 2.05) is 0 Å². The molecule has 3 aliphatic heterocycles. The van der Waals surface area contributed by atoms with Gasteiger partial charge in [-0.25, -0.2) is 4.79 Å². The van der Waals surface area contributed by atoms with Crippen molar-refractivity contribution >= 4 is 5.97 Å². The largest absolute Gasteiger partial charge is 1.00 e. The molecule has 4 nitrogen and oxygen atoms in total. The molecule has 0 aromatic carbocycles. The minimum absolute atomic E-state index is 0. The van der Waals surface area contributed by atoms with Crippen LogP contribution in [0.5, 0.6) is 0 Å². The molecule has 2 N–H and O–H groups in total. The number of halogens is 2. The molecule has 0 amide bonds. The number of hydrogen-bond donors (Lipinski definition) is 2. The maximum absolute atomic E-state index is 12.2. The molecule has 2 unspecified atom stereocenters. The minimum atomic E-state index is 0. The van der Waals surface area contributed by atoms with Crippen molar-refractivity contribution in [3.63, 3.8) is 0 Å². The van der Waals surface area contributed by atoms with E-state index >= 15 is 0 Å². The first-order valence-electron chi connectivity index (χ1n) is 8.59. The van der Waals surface area contributed by atoms with Gasteiger partial charge in [0.2, 0.25) is 0 Å². The van der Waals surface area contributed by atoms with Crippen LogP contribution >= 0.6 is 0 Å². The highest BCUT2D eigenvalue weighted by Crippen LogP contribution is 2.24. The summed E-state index contributed by atoms with van der Waals surface area (Å²) >= 11 is 0. The van der Waals surface area contributed by atoms with Crippen LogP contribution in [0.4, 0.5) is 0 Å². The van der Waals surface area contributed by atoms with Crippen LogP contribution in [0.15, 0.2) is 0 Å². The van der Waals surface area contributed by atoms with Crippen molar-refractivity contribution in [1.82, 2.24) is 0 Å². The summed E-state index contributed by atoms with van der Waals surface area (Å²) in [7, 11) is 2.31. The van der Waals surface area contributed by atoms with Crippen LogP contribution < -0.4 is 34.6 Å². The molecule has 0 aromatic rings. The third-order valence-electron chi connectivity index (χ3n) is 5.75. The van der Waals surface area contributed by atoms with Crippen molar-refractivity contribution in [3.05, 3.63) is 0 Å². The highest BCUT2D eigenvalue weighted by atomic mass is 35.5. The van der Waals surface area contributed by atoms with E-state index in [2.05, 4.69) is 7.05 Å². The molecule has 6 heteroatoms. The summed E-state index contributed by atoms with van der Waals surface area (Å²) in [6, 6.07) is 1.47. The van der Waals surface area contributed by atoms with Gasteiger partial charge in [0.25, 0.3) is 0 Å². The quantitative estimate of drug-likeness (QED) is 0.495. The van der Waals surface area contributed by atoms with Gasteiger partial charge in [-0.1, -0.05) is 0 Å². The summed E-state index contributed by atoms with van der Waals surface area (Å²) < 4.78 is 5.79. The number of ether oxygens (including phenoxy) is 1. The number of rotatable bonds is 3. The zero-order valence-corrected chi connectivity index (χ0v) is 15.1. The summed E-state index contributed by atoms with van der Waals surface area (Å²) in [6.45, 7) is 2.89. The van der Waals surface area contributed by atoms with Crippen molar-refractivity contribution in [2.45, 2.75) is 69.6 Å². The van der Waals surface area contributed by atoms with Gasteiger partial charge in [-0.3, -0.25) is 0 Å². The van der Waals surface area contributed by atoms with Crippen molar-refractivity contribution in [2.75, 3.05) is 26.7 Å². The van der Waals surface area contributed by atoms with Crippen molar-refractivity contribution in [2.24, 2.45) is 0 Å². The van der Waals surface area contributed by atoms with Crippen molar-refractivity contribution in [3.8, 4) is 0 Å². The first kappa shape index (κ1) is 20.0. The highest BCUT2D eigenvalue weighted by molar-refractivity contribution is 5.70. The Morgan fingerprint density at radius 2 is 1.55 bits per heavy atom. The lowest BCUT2D eigenvalue weighted by molar-refractivity contribution is -0.923. The molecule has 0 radical (unpaired) electrons. The van der Waals surface area contributed by atoms with Gasteiger partial charge in [0, 0.05) is 25.7 Å². The fourth-order valence-electron chi connectivity index (χ4n) is 4.46. The smallest absolute Gasteiger partial charge is 0.361 e. The number of nitrogens with one attached hydrogen (secondary N) is 2. The number of hydrogen-bond acceptors (Lipinski definition) is 2. The van der Waals surface area contributed by atoms with E-state index in [-0.39, 0.29) is 36.9 Å². The molecule has 2 bridgehead atoms. The molecule has 3 saturated heterocycles. The molecular weight excluding hydrogens is 323 g/mol. The van der Waals surface area contributed by atoms with Gasteiger partial charge < -0.3 is 39.4 Å². The van der Waals surface area contributed by atoms with Crippen LogP contribution in [0.25, 0.3) is 0 Å². The second-order valence-electron chi connectivity index (χ2n) is 7.14. The van der Waals surface area contributed by atoms with Crippen molar-refractivity contribution in [1.29, 1.82) is 0 Å². The lowest BCUT2D eigenvalue weighted by Gasteiger charge is -2.33. The fraction of sp³-hybridized carbons (Fsp3) is 0.938. The second kappa shape index (κ2) is 9.31. The number of piperidine rings is 1. The first-order chi connectivity index (χ1) is 9.72. The van der Waals surface area contributed by atoms with Crippen LogP contribution in [0.2, 0.25) is 0 Å². The van der Waals surface area contributed by atoms with Crippen LogP contribution in [-0.4, -0.2) is 50.8 Å². The first-order valence-corrected chi connectivity index (χ1v) is 8.59. The molecular formula is C16H30Cl2N2O2. The standard InChI is InChI=1S/C16H28N2O2.2ClH/c1-17-13-6-7-14(17)11-15(10-13)20-16(19)12-18-8-4-2-3-5-9-18;;/h13-15H,2-12H2,1H3;2*1H. The Morgan fingerprint density at radius 1 is 1.00 bits per heavy atom. The molecule has 3 fully saturated rings. The van der Waals surface area contributed by atoms with Gasteiger partial charge in [-0.2, -0.15) is 0 Å². The van der Waals surface area contributed by atoms with Gasteiger partial charge in [0.05, 0.1) is 32.2 Å². The summed E-state index contributed by atoms with van der Waals surface area (Å²) in [4.78, 5) is 15.3. The number of carbonyl (C=O) groups excluding carboxylic acids is 1. The van der Waals surface area contributed by atoms with E-state index in [0.717, 1.165) is 38.0 Å². The monoisotopic (exact) mass is 352 g/mol. The topological polar surface area (TPSA) is 35.2 Å². The number of likely N-dealkylation sites (tertiary alicyclic amines) is 1. The molecule has 0 aliphatic carbocycles. The second-order valence-corrected chi connectivity index (χ2v) is 7.14. The molecule has 3 aliphatic rings. The zero-order valence-electron chi connectivity index (χ0n) is 13.6. The Kier molecular flexibility index (Phi) is 8.47. The zero-order chi connectivity index (χ0) is 13.9. The Bertz CT molecular complexity index is 335. The lowest BCUT2D eigenvalue weighted by atomic mass is 10.0. The van der Waals surface area contributed by atoms with Gasteiger partial charge in [0.1, 0.15) is 6.10 Å². The van der Waals surface area contributed by atoms with E-state index in [1.54, 1.807) is 4.90 Å². The Morgan fingerprint density at radius 3 is 2.09 bits per heavy atom. The third-order valence-corrected chi connectivity index (χ3v) is 5.75. The van der Waals surface area contributed by atoms with E-state index in [9.17, 15) is 4.79 Å². The average molecular weight is 353 g/mol. The van der Waals surface area contributed by atoms with E-state index in [1.165, 1.54) is 43.4 Å². The molecule has 3 heterocycles. The lowest BCUT2D eigenvalue weighted by Crippen LogP contribution is -3.15. The van der Waals surface area contributed by atoms with Crippen molar-refractivity contribution < 1.29 is 44.1 Å². The number of esters is 1. The Balaban J connectivity index is 0.00000121. The van der Waals surface area contributed by atoms with E-state index in [0.29, 0.717) is 6.54 Å². The summed E-state index contributed by atoms with van der Waals surface area (Å²) in [6.07, 6.45) is 10.2. The van der Waals surface area contributed by atoms with Gasteiger partial charge >= 0.3 is 5.97 Å². The fourth-order valence-corrected chi connectivity index (χ4v) is 4.46. The molecule has 22 heavy (non-hydrogen) atoms. The van der Waals surface area contributed by atoms with Crippen LogP contribution in [0.1, 0.15) is 51.4 Å². The van der Waals surface area contributed by atoms with Crippen LogP contribution in [0, 0.1) is 0 Å². The summed E-state index contributed by atoms with van der Waals surface area (Å²) in [5.41, 5.74) is 0. The number of quaternary nitrogens is 2. The van der Waals surface area contributed by atoms with Gasteiger partial charge in [-0.15, -0.1) is 0 Å². The highest BCUT2D eigenvalue weighted by Gasteiger charge is 2.43. The molecule has 0 saturated carbocycles. The predicted molar refractivity (Wildman–Crippen MR) is 76.8 cm³/mol. The maximum Gasteiger partial charge on any atom is 0.361 e. The molecule has 3 rings (SSSR count). The predicted octanol–water partition coefficient (Wildman–Crippen LogP) is -6.80. The SMILES string of the molecule is C[NH+]1C2CCC1CC(OC(=O)C[NH+]1CCCCCC1)C2.[Cl-].[Cl-]. The minimum Gasteiger partial charge on any atom is -1.00 e. The third kappa shape index (κ3) is 4.98. The van der Waals surface area contributed by atoms with Gasteiger partial charge in [-0.05, 0) is 25.7 Å². The molecule has 130 valence electrons. The Hall–Kier alpha value is -0.0300. The molecule has 0 aromatic heterocycles. The number of carbonyl (C=O) groups is 1. The average Bonchev–Trinajstić information content (AvgIpc) is 2.67. The van der Waals surface area contributed by atoms with E-state index < -0.39 is 0 Å². The summed E-state index contributed by atoms with van der Waals surface area (Å²) in [5.74, 6) is 0.0471. The van der Waals surface area contributed by atoms with Crippen LogP contribution in [-0.2, 0) is 9.53 Å². The van der Waals surface area contributed by atoms with E-state index in [4.69, 9.17) is 4.74 Å². The van der Waals surface area contributed by atoms with Gasteiger partial charge in [0.15, 0.2) is 6.54 Å². The summed E-state index contributed by atoms with van der Waals surface area (Å²) in [5, 5.41) is 0. The molecule has 2 atom stereocenters. The Labute approximate surface area is 146 Å². The number of fused-ring (bicyclic) bond motifs is 2. The maximum atomic E-state index is 12.2. The molecule has 0 spiro atoms.